The topological polar surface area (TPSA) is 157 Å². The van der Waals surface area contributed by atoms with Crippen LogP contribution in [0.25, 0.3) is 269 Å². The highest BCUT2D eigenvalue weighted by Crippen LogP contribution is 2.51. The van der Waals surface area contributed by atoms with E-state index in [4.69, 9.17) is 53.1 Å². The lowest BCUT2D eigenvalue weighted by Crippen LogP contribution is -2.04. The molecule has 0 bridgehead atoms. The molecular weight excluding hydrogens is 1520 g/mol. The zero-order valence-electron chi connectivity index (χ0n) is 65.9. The van der Waals surface area contributed by atoms with Crippen LogP contribution in [0.2, 0.25) is 0 Å². The maximum absolute atomic E-state index is 6.60. The Morgan fingerprint density at radius 3 is 1.12 bits per heavy atom. The minimum atomic E-state index is 0.599. The molecule has 14 nitrogen and oxygen atoms in total. The second-order valence-corrected chi connectivity index (χ2v) is 31.8. The zero-order valence-corrected chi connectivity index (χ0v) is 65.9. The molecule has 0 saturated carbocycles. The first-order valence-electron chi connectivity index (χ1n) is 41.5. The summed E-state index contributed by atoms with van der Waals surface area (Å²) in [4.78, 5) is 40.7. The molecule has 574 valence electrons. The molecule has 0 aliphatic carbocycles. The number of benzene rings is 17. The first kappa shape index (κ1) is 67.9. The zero-order chi connectivity index (χ0) is 80.9. The van der Waals surface area contributed by atoms with Gasteiger partial charge in [-0.25, -0.2) is 24.9 Å². The van der Waals surface area contributed by atoms with Crippen molar-refractivity contribution in [1.82, 2.24) is 53.6 Å². The molecule has 29 aromatic rings. The van der Waals surface area contributed by atoms with Gasteiger partial charge >= 0.3 is 0 Å². The Morgan fingerprint density at radius 1 is 0.218 bits per heavy atom. The van der Waals surface area contributed by atoms with E-state index >= 15 is 0 Å². The number of aromatic nitrogens is 11. The van der Waals surface area contributed by atoms with E-state index in [0.29, 0.717) is 11.9 Å². The van der Waals surface area contributed by atoms with Crippen LogP contribution >= 0.6 is 0 Å². The number of hydrogen-bond donors (Lipinski definition) is 0. The van der Waals surface area contributed by atoms with E-state index in [2.05, 4.69) is 293 Å². The fraction of sp³-hybridized carbons (Fsp3) is 0. The molecule has 0 amide bonds. The lowest BCUT2D eigenvalue weighted by atomic mass is 9.95. The minimum absolute atomic E-state index is 0.599. The highest BCUT2D eigenvalue weighted by molar-refractivity contribution is 6.38. The van der Waals surface area contributed by atoms with Crippen molar-refractivity contribution in [1.29, 1.82) is 0 Å². The van der Waals surface area contributed by atoms with E-state index in [9.17, 15) is 0 Å². The second-order valence-electron chi connectivity index (χ2n) is 31.8. The quantitative estimate of drug-likeness (QED) is 0.154. The van der Waals surface area contributed by atoms with Crippen molar-refractivity contribution >= 4 is 240 Å². The molecule has 0 N–H and O–H groups in total. The number of furan rings is 3. The van der Waals surface area contributed by atoms with Gasteiger partial charge in [0.25, 0.3) is 0 Å². The van der Waals surface area contributed by atoms with E-state index in [0.717, 1.165) is 230 Å². The number of fused-ring (bicyclic) bond motifs is 42. The number of hydrogen-bond acceptors (Lipinski definition) is 11. The summed E-state index contributed by atoms with van der Waals surface area (Å²) in [5.41, 5.74) is 17.8. The van der Waals surface area contributed by atoms with Crippen molar-refractivity contribution in [3.8, 4) is 29.0 Å². The minimum Gasteiger partial charge on any atom is -0.455 e. The SMILES string of the molecule is c1ccc(-c2nc(-n3c4cccnc4c4c5ccccc5c5oc6ccccc6c5c43)nc3ccc4ccccc4c23)cc1.c1ccc2c(c1)ccc1cnc(-n3c4cccnc4c4c5ccccc5c5oc6ccccc6c5c43)nc12.c1ccc2c(c1)oc1c3ccccc3c3c4ncccc4n(-c4cc5c6ccccc6c6ccccc6c5cn4)c3c21. The van der Waals surface area contributed by atoms with E-state index in [1.807, 2.05) is 91.6 Å². The Hall–Kier alpha value is -17.1. The monoisotopic (exact) mass is 1580 g/mol. The number of para-hydroxylation sites is 3. The average molecular weight is 1580 g/mol. The maximum atomic E-state index is 6.60. The van der Waals surface area contributed by atoms with Gasteiger partial charge in [-0.05, 0) is 126 Å². The smallest absolute Gasteiger partial charge is 0.235 e. The van der Waals surface area contributed by atoms with Gasteiger partial charge in [0.05, 0.1) is 82.5 Å². The van der Waals surface area contributed by atoms with Crippen LogP contribution in [0.3, 0.4) is 0 Å². The molecule has 0 aliphatic rings. The van der Waals surface area contributed by atoms with Crippen LogP contribution in [0.15, 0.2) is 384 Å². The van der Waals surface area contributed by atoms with Crippen LogP contribution in [0.5, 0.6) is 0 Å². The molecule has 0 radical (unpaired) electrons. The Balaban J connectivity index is 0.0000000975. The largest absolute Gasteiger partial charge is 0.455 e. The van der Waals surface area contributed by atoms with Gasteiger partial charge in [0.15, 0.2) is 0 Å². The third kappa shape index (κ3) is 9.69. The maximum Gasteiger partial charge on any atom is 0.235 e. The van der Waals surface area contributed by atoms with Crippen molar-refractivity contribution in [2.75, 3.05) is 0 Å². The summed E-state index contributed by atoms with van der Waals surface area (Å²) in [5.74, 6) is 2.07. The van der Waals surface area contributed by atoms with Gasteiger partial charge in [0.2, 0.25) is 11.9 Å². The number of rotatable bonds is 4. The molecule has 12 aromatic heterocycles. The second kappa shape index (κ2) is 26.2. The van der Waals surface area contributed by atoms with Gasteiger partial charge in [-0.3, -0.25) is 28.7 Å². The van der Waals surface area contributed by atoms with Crippen molar-refractivity contribution in [3.63, 3.8) is 0 Å². The molecule has 0 saturated heterocycles. The van der Waals surface area contributed by atoms with Crippen LogP contribution in [-0.2, 0) is 0 Å². The summed E-state index contributed by atoms with van der Waals surface area (Å²) in [6.45, 7) is 0. The van der Waals surface area contributed by atoms with Gasteiger partial charge in [0.1, 0.15) is 39.3 Å². The molecule has 17 aromatic carbocycles. The molecule has 0 aliphatic heterocycles. The summed E-state index contributed by atoms with van der Waals surface area (Å²) in [7, 11) is 0. The molecule has 124 heavy (non-hydrogen) atoms. The average Bonchev–Trinajstić information content (AvgIpc) is 1.54. The van der Waals surface area contributed by atoms with Crippen LogP contribution in [-0.4, -0.2) is 53.6 Å². The Labute approximate surface area is 701 Å². The number of pyridine rings is 4. The predicted octanol–water partition coefficient (Wildman–Crippen LogP) is 28.4. The molecular formula is C110H61N11O3. The van der Waals surface area contributed by atoms with Crippen molar-refractivity contribution in [3.05, 3.63) is 371 Å². The summed E-state index contributed by atoms with van der Waals surface area (Å²) in [6.07, 6.45) is 9.56. The Bertz CT molecular complexity index is 9660. The highest BCUT2D eigenvalue weighted by atomic mass is 16.3. The van der Waals surface area contributed by atoms with E-state index < -0.39 is 0 Å². The van der Waals surface area contributed by atoms with E-state index in [1.54, 1.807) is 0 Å². The molecule has 0 fully saturated rings. The first-order valence-corrected chi connectivity index (χ1v) is 41.5. The molecule has 0 unspecified atom stereocenters. The van der Waals surface area contributed by atoms with Gasteiger partial charge in [-0.2, -0.15) is 0 Å². The number of nitrogens with zero attached hydrogens (tertiary/aromatic N) is 11. The molecule has 14 heteroatoms. The Kier molecular flexibility index (Phi) is 14.3. The van der Waals surface area contributed by atoms with Crippen LogP contribution in [0.4, 0.5) is 0 Å². The normalized spacial score (nSPS) is 12.2. The van der Waals surface area contributed by atoms with Gasteiger partial charge < -0.3 is 13.3 Å². The summed E-state index contributed by atoms with van der Waals surface area (Å²) < 4.78 is 26.3. The van der Waals surface area contributed by atoms with E-state index in [1.165, 1.54) is 26.9 Å². The molecule has 12 heterocycles. The third-order valence-electron chi connectivity index (χ3n) is 25.3. The van der Waals surface area contributed by atoms with Crippen LogP contribution in [0, 0.1) is 0 Å². The summed E-state index contributed by atoms with van der Waals surface area (Å²) >= 11 is 0. The standard InChI is InChI=1S/C39H22N4O.C38H21N3O.C33H18N4O/c1-2-12-24(13-3-1)35-32-25-14-5-4-11-23(25)20-21-29(32)41-39(42-35)43-30-18-10-22-40-36(30)33-26-15-6-7-16-27(26)38-34(37(33)43)28-17-8-9-19-31(28)44-38;1-3-12-24-22(10-1)23-11-2-4-13-25(23)30-21-40-33(20-29(24)30)41-31-17-9-19-39-36(31)34-26-14-5-6-15-27(26)38-35(37(34)41)28-16-7-8-18-32(28)42-38;1-2-9-21-19(8-1)15-16-20-18-35-33(36-29(20)21)37-25-13-7-17-34-30(25)27-22-10-3-4-11-23(22)32-28(31(27)37)24-12-5-6-14-26(24)38-32/h1-22H;1-21H;1-18H. The van der Waals surface area contributed by atoms with E-state index in [-0.39, 0.29) is 0 Å². The van der Waals surface area contributed by atoms with Gasteiger partial charge in [-0.1, -0.05) is 273 Å². The van der Waals surface area contributed by atoms with Crippen molar-refractivity contribution < 1.29 is 13.3 Å². The van der Waals surface area contributed by atoms with Crippen molar-refractivity contribution in [2.45, 2.75) is 0 Å². The molecule has 29 rings (SSSR count). The third-order valence-corrected chi connectivity index (χ3v) is 25.3. The lowest BCUT2D eigenvalue weighted by Gasteiger charge is -2.14. The van der Waals surface area contributed by atoms with Gasteiger partial charge in [0, 0.05) is 107 Å². The van der Waals surface area contributed by atoms with Crippen LogP contribution in [0.1, 0.15) is 0 Å². The fourth-order valence-electron chi connectivity index (χ4n) is 20.2. The Morgan fingerprint density at radius 2 is 0.605 bits per heavy atom. The highest BCUT2D eigenvalue weighted by Gasteiger charge is 2.30. The van der Waals surface area contributed by atoms with Gasteiger partial charge in [-0.15, -0.1) is 0 Å². The lowest BCUT2D eigenvalue weighted by molar-refractivity contribution is 0.672. The summed E-state index contributed by atoms with van der Waals surface area (Å²) in [6, 6.07) is 118. The first-order chi connectivity index (χ1) is 61.6. The predicted molar refractivity (Wildman–Crippen MR) is 507 cm³/mol. The molecule has 0 spiro atoms. The molecule has 0 atom stereocenters. The van der Waals surface area contributed by atoms with Crippen molar-refractivity contribution in [2.24, 2.45) is 0 Å². The van der Waals surface area contributed by atoms with Crippen LogP contribution < -0.4 is 0 Å². The fourth-order valence-corrected chi connectivity index (χ4v) is 20.2. The summed E-state index contributed by atoms with van der Waals surface area (Å²) in [5, 5.41) is 30.0.